The minimum atomic E-state index is -0.326. The average Bonchev–Trinajstić information content (AvgIpc) is 3.34. The maximum absolute atomic E-state index is 13.5. The number of nitrogens with zero attached hydrogens (tertiary/aromatic N) is 3. The molecule has 0 radical (unpaired) electrons. The van der Waals surface area contributed by atoms with Crippen LogP contribution >= 0.6 is 0 Å². The minimum absolute atomic E-state index is 0.0149. The van der Waals surface area contributed by atoms with Crippen LogP contribution in [-0.4, -0.2) is 71.5 Å². The Bertz CT molecular complexity index is 1140. The van der Waals surface area contributed by atoms with E-state index < -0.39 is 0 Å². The summed E-state index contributed by atoms with van der Waals surface area (Å²) in [4.78, 5) is 21.9. The molecular formula is C28H35N3O5. The predicted octanol–water partition coefficient (Wildman–Crippen LogP) is 3.31. The van der Waals surface area contributed by atoms with Gasteiger partial charge in [-0.1, -0.05) is 31.8 Å². The molecule has 4 rings (SSSR count). The predicted molar refractivity (Wildman–Crippen MR) is 136 cm³/mol. The molecule has 8 nitrogen and oxygen atoms in total. The standard InChI is InChI=1S/C28H35N3O5/c1-5-6-7-8-21-11-23-27(29-13-21)36-26(19(2)14-31(28(23)33)20(3)17-32)16-30(4)15-22-9-10-24-25(12-22)35-18-34-24/h9-13,19-20,26,32H,5-6,14-18H2,1-4H3/t19-,20-,26-/m0/s1. The van der Waals surface area contributed by atoms with Crippen molar-refractivity contribution in [3.8, 4) is 29.2 Å². The highest BCUT2D eigenvalue weighted by atomic mass is 16.7. The molecule has 0 saturated heterocycles. The van der Waals surface area contributed by atoms with Gasteiger partial charge in [-0.05, 0) is 44.2 Å². The van der Waals surface area contributed by atoms with E-state index in [1.807, 2.05) is 32.2 Å². The van der Waals surface area contributed by atoms with Crippen LogP contribution in [-0.2, 0) is 6.54 Å². The van der Waals surface area contributed by atoms with Gasteiger partial charge in [0.1, 0.15) is 11.7 Å². The van der Waals surface area contributed by atoms with Crippen molar-refractivity contribution in [1.29, 1.82) is 0 Å². The molecule has 2 aromatic rings. The second kappa shape index (κ2) is 11.6. The van der Waals surface area contributed by atoms with Gasteiger partial charge < -0.3 is 24.2 Å². The third-order valence-corrected chi connectivity index (χ3v) is 6.51. The Kier molecular flexibility index (Phi) is 8.34. The van der Waals surface area contributed by atoms with Gasteiger partial charge in [0.05, 0.1) is 12.6 Å². The number of carbonyl (C=O) groups is 1. The van der Waals surface area contributed by atoms with E-state index in [0.717, 1.165) is 29.9 Å². The molecule has 0 fully saturated rings. The monoisotopic (exact) mass is 493 g/mol. The highest BCUT2D eigenvalue weighted by molar-refractivity contribution is 5.97. The summed E-state index contributed by atoms with van der Waals surface area (Å²) in [7, 11) is 2.04. The molecule has 2 aliphatic rings. The maximum Gasteiger partial charge on any atom is 0.259 e. The largest absolute Gasteiger partial charge is 0.472 e. The summed E-state index contributed by atoms with van der Waals surface area (Å²) >= 11 is 0. The third kappa shape index (κ3) is 5.92. The highest BCUT2D eigenvalue weighted by Crippen LogP contribution is 2.33. The van der Waals surface area contributed by atoms with Crippen LogP contribution in [0.3, 0.4) is 0 Å². The smallest absolute Gasteiger partial charge is 0.259 e. The quantitative estimate of drug-likeness (QED) is 0.593. The fraction of sp³-hybridized carbons (Fsp3) is 0.500. The number of aromatic nitrogens is 1. The summed E-state index contributed by atoms with van der Waals surface area (Å²) in [5.41, 5.74) is 2.18. The first-order valence-electron chi connectivity index (χ1n) is 12.5. The molecule has 0 bridgehead atoms. The van der Waals surface area contributed by atoms with Gasteiger partial charge in [0.2, 0.25) is 12.7 Å². The summed E-state index contributed by atoms with van der Waals surface area (Å²) in [5, 5.41) is 9.85. The summed E-state index contributed by atoms with van der Waals surface area (Å²) < 4.78 is 17.3. The van der Waals surface area contributed by atoms with Crippen molar-refractivity contribution in [2.24, 2.45) is 5.92 Å². The first-order chi connectivity index (χ1) is 17.4. The molecule has 0 saturated carbocycles. The van der Waals surface area contributed by atoms with Crippen LogP contribution in [0, 0.1) is 17.8 Å². The lowest BCUT2D eigenvalue weighted by Gasteiger charge is -2.37. The molecule has 36 heavy (non-hydrogen) atoms. The minimum Gasteiger partial charge on any atom is -0.472 e. The lowest BCUT2D eigenvalue weighted by atomic mass is 9.99. The molecule has 0 spiro atoms. The van der Waals surface area contributed by atoms with E-state index in [2.05, 4.69) is 35.6 Å². The molecule has 0 unspecified atom stereocenters. The van der Waals surface area contributed by atoms with Crippen molar-refractivity contribution in [3.05, 3.63) is 47.2 Å². The number of rotatable bonds is 7. The fourth-order valence-corrected chi connectivity index (χ4v) is 4.40. The van der Waals surface area contributed by atoms with E-state index in [0.29, 0.717) is 36.6 Å². The van der Waals surface area contributed by atoms with Crippen molar-refractivity contribution in [2.75, 3.05) is 33.5 Å². The van der Waals surface area contributed by atoms with E-state index in [9.17, 15) is 9.90 Å². The number of carbonyl (C=O) groups excluding carboxylic acids is 1. The van der Waals surface area contributed by atoms with Crippen LogP contribution in [0.2, 0.25) is 0 Å². The van der Waals surface area contributed by atoms with Crippen molar-refractivity contribution in [1.82, 2.24) is 14.8 Å². The molecule has 1 aromatic carbocycles. The maximum atomic E-state index is 13.5. The van der Waals surface area contributed by atoms with Gasteiger partial charge >= 0.3 is 0 Å². The third-order valence-electron chi connectivity index (χ3n) is 6.51. The fourth-order valence-electron chi connectivity index (χ4n) is 4.40. The van der Waals surface area contributed by atoms with Crippen molar-refractivity contribution in [2.45, 2.75) is 52.3 Å². The number of aliphatic hydroxyl groups is 1. The van der Waals surface area contributed by atoms with E-state index >= 15 is 0 Å². The molecule has 1 aromatic heterocycles. The lowest BCUT2D eigenvalue weighted by Crippen LogP contribution is -2.49. The zero-order valence-corrected chi connectivity index (χ0v) is 21.5. The SMILES string of the molecule is CCCC#Cc1cnc2c(c1)C(=O)N([C@@H](C)CO)C[C@H](C)[C@H](CN(C)Cc1ccc3c(c1)OCO3)O2. The number of hydrogen-bond donors (Lipinski definition) is 1. The Morgan fingerprint density at radius 3 is 2.86 bits per heavy atom. The topological polar surface area (TPSA) is 84.4 Å². The summed E-state index contributed by atoms with van der Waals surface area (Å²) in [6, 6.07) is 7.40. The van der Waals surface area contributed by atoms with Gasteiger partial charge in [-0.15, -0.1) is 0 Å². The Morgan fingerprint density at radius 1 is 1.28 bits per heavy atom. The van der Waals surface area contributed by atoms with Crippen LogP contribution in [0.1, 0.15) is 55.1 Å². The van der Waals surface area contributed by atoms with Gasteiger partial charge in [-0.2, -0.15) is 0 Å². The number of fused-ring (bicyclic) bond motifs is 2. The van der Waals surface area contributed by atoms with Crippen molar-refractivity contribution >= 4 is 5.91 Å². The lowest BCUT2D eigenvalue weighted by molar-refractivity contribution is 0.0325. The Balaban J connectivity index is 1.57. The second-order valence-corrected chi connectivity index (χ2v) is 9.64. The van der Waals surface area contributed by atoms with E-state index in [-0.39, 0.29) is 37.4 Å². The van der Waals surface area contributed by atoms with Crippen molar-refractivity contribution < 1.29 is 24.1 Å². The van der Waals surface area contributed by atoms with Crippen LogP contribution < -0.4 is 14.2 Å². The molecule has 2 aliphatic heterocycles. The van der Waals surface area contributed by atoms with Gasteiger partial charge in [0.15, 0.2) is 11.5 Å². The zero-order valence-electron chi connectivity index (χ0n) is 21.5. The molecule has 192 valence electrons. The van der Waals surface area contributed by atoms with Gasteiger partial charge in [0.25, 0.3) is 5.91 Å². The van der Waals surface area contributed by atoms with Crippen LogP contribution in [0.5, 0.6) is 17.4 Å². The Labute approximate surface area is 213 Å². The first-order valence-corrected chi connectivity index (χ1v) is 12.5. The number of ether oxygens (including phenoxy) is 3. The zero-order chi connectivity index (χ0) is 25.7. The van der Waals surface area contributed by atoms with E-state index in [1.165, 1.54) is 0 Å². The molecule has 3 heterocycles. The highest BCUT2D eigenvalue weighted by Gasteiger charge is 2.34. The number of amides is 1. The number of benzene rings is 1. The summed E-state index contributed by atoms with van der Waals surface area (Å²) in [5.74, 6) is 7.86. The molecule has 3 atom stereocenters. The van der Waals surface area contributed by atoms with E-state index in [1.54, 1.807) is 17.2 Å². The molecule has 1 amide bonds. The number of hydrogen-bond acceptors (Lipinski definition) is 7. The Morgan fingerprint density at radius 2 is 2.08 bits per heavy atom. The van der Waals surface area contributed by atoms with Gasteiger partial charge in [0, 0.05) is 43.7 Å². The molecule has 1 N–H and O–H groups in total. The summed E-state index contributed by atoms with van der Waals surface area (Å²) in [6.45, 7) is 7.92. The normalized spacial score (nSPS) is 19.6. The average molecular weight is 494 g/mol. The number of unbranched alkanes of at least 4 members (excludes halogenated alkanes) is 1. The number of pyridine rings is 1. The number of likely N-dealkylation sites (N-methyl/N-ethyl adjacent to an activating group) is 1. The van der Waals surface area contributed by atoms with Crippen LogP contribution in [0.15, 0.2) is 30.5 Å². The Hall–Kier alpha value is -3.28. The molecular weight excluding hydrogens is 458 g/mol. The molecule has 0 aliphatic carbocycles. The molecule has 8 heteroatoms. The van der Waals surface area contributed by atoms with Gasteiger partial charge in [-0.25, -0.2) is 4.98 Å². The van der Waals surface area contributed by atoms with E-state index in [4.69, 9.17) is 14.2 Å². The van der Waals surface area contributed by atoms with Crippen molar-refractivity contribution in [3.63, 3.8) is 0 Å². The van der Waals surface area contributed by atoms with Crippen LogP contribution in [0.25, 0.3) is 0 Å². The number of aliphatic hydroxyl groups excluding tert-OH is 1. The summed E-state index contributed by atoms with van der Waals surface area (Å²) in [6.07, 6.45) is 3.20. The van der Waals surface area contributed by atoms with Crippen LogP contribution in [0.4, 0.5) is 0 Å². The first kappa shape index (κ1) is 25.8. The second-order valence-electron chi connectivity index (χ2n) is 9.64. The van der Waals surface area contributed by atoms with Gasteiger partial charge in [-0.3, -0.25) is 9.69 Å².